The van der Waals surface area contributed by atoms with Crippen molar-refractivity contribution >= 4 is 28.2 Å². The van der Waals surface area contributed by atoms with Gasteiger partial charge < -0.3 is 14.9 Å². The Morgan fingerprint density at radius 2 is 1.81 bits per heavy atom. The first-order chi connectivity index (χ1) is 9.69. The molecule has 2 unspecified atom stereocenters. The van der Waals surface area contributed by atoms with Crippen molar-refractivity contribution in [3.05, 3.63) is 0 Å². The molecule has 0 bridgehead atoms. The quantitative estimate of drug-likeness (QED) is 0.587. The van der Waals surface area contributed by atoms with Crippen LogP contribution in [0.25, 0.3) is 0 Å². The number of ether oxygens (including phenoxy) is 1. The molecule has 10 nitrogen and oxygen atoms in total. The molecule has 11 heteroatoms. The van der Waals surface area contributed by atoms with E-state index >= 15 is 0 Å². The molecular weight excluding hydrogens is 308 g/mol. The molecule has 1 rings (SSSR count). The zero-order valence-corrected chi connectivity index (χ0v) is 12.0. The lowest BCUT2D eigenvalue weighted by Crippen LogP contribution is -2.52. The molecule has 3 N–H and O–H groups in total. The number of amides is 1. The average molecular weight is 324 g/mol. The Balaban J connectivity index is 2.84. The summed E-state index contributed by atoms with van der Waals surface area (Å²) >= 11 is 0. The van der Waals surface area contributed by atoms with Crippen molar-refractivity contribution in [2.45, 2.75) is 13.3 Å². The number of piperidine rings is 1. The van der Waals surface area contributed by atoms with Crippen molar-refractivity contribution in [1.29, 1.82) is 0 Å². The molecule has 0 aliphatic carbocycles. The summed E-state index contributed by atoms with van der Waals surface area (Å²) in [4.78, 5) is 33.2. The third kappa shape index (κ3) is 4.29. The van der Waals surface area contributed by atoms with Gasteiger partial charge in [0.15, 0.2) is 0 Å². The van der Waals surface area contributed by atoms with Gasteiger partial charge in [0.25, 0.3) is 0 Å². The van der Waals surface area contributed by atoms with Crippen LogP contribution < -0.4 is 4.72 Å². The van der Waals surface area contributed by atoms with Crippen molar-refractivity contribution in [3.63, 3.8) is 0 Å². The van der Waals surface area contributed by atoms with Crippen molar-refractivity contribution in [2.75, 3.05) is 19.7 Å². The third-order valence-electron chi connectivity index (χ3n) is 3.04. The van der Waals surface area contributed by atoms with Gasteiger partial charge in [-0.2, -0.15) is 12.7 Å². The zero-order chi connectivity index (χ0) is 16.2. The largest absolute Gasteiger partial charge is 0.481 e. The summed E-state index contributed by atoms with van der Waals surface area (Å²) < 4.78 is 30.6. The molecule has 1 aliphatic heterocycles. The molecule has 0 aromatic carbocycles. The molecule has 0 saturated carbocycles. The molecule has 2 atom stereocenters. The number of carboxylic acids is 2. The van der Waals surface area contributed by atoms with Crippen LogP contribution in [0.3, 0.4) is 0 Å². The van der Waals surface area contributed by atoms with Gasteiger partial charge in [0.2, 0.25) is 0 Å². The van der Waals surface area contributed by atoms with Crippen LogP contribution in [0.15, 0.2) is 0 Å². The number of carboxylic acid groups (broad SMARTS) is 2. The van der Waals surface area contributed by atoms with E-state index in [1.54, 1.807) is 4.72 Å². The summed E-state index contributed by atoms with van der Waals surface area (Å²) in [6, 6.07) is 0. The first-order valence-electron chi connectivity index (χ1n) is 6.09. The lowest BCUT2D eigenvalue weighted by Gasteiger charge is -2.33. The Morgan fingerprint density at radius 1 is 1.24 bits per heavy atom. The van der Waals surface area contributed by atoms with E-state index in [1.807, 2.05) is 0 Å². The summed E-state index contributed by atoms with van der Waals surface area (Å²) in [6.07, 6.45) is -1.33. The van der Waals surface area contributed by atoms with Gasteiger partial charge in [-0.15, -0.1) is 0 Å². The third-order valence-corrected chi connectivity index (χ3v) is 4.47. The van der Waals surface area contributed by atoms with Crippen LogP contribution in [0.5, 0.6) is 0 Å². The van der Waals surface area contributed by atoms with E-state index in [-0.39, 0.29) is 19.6 Å². The highest BCUT2D eigenvalue weighted by Gasteiger charge is 2.42. The summed E-state index contributed by atoms with van der Waals surface area (Å²) in [5, 5.41) is 18.0. The van der Waals surface area contributed by atoms with Crippen LogP contribution in [0.1, 0.15) is 13.3 Å². The molecule has 120 valence electrons. The molecule has 1 heterocycles. The fraction of sp³-hybridized carbons (Fsp3) is 0.700. The number of carbonyl (C=O) groups excluding carboxylic acids is 1. The maximum atomic E-state index is 11.9. The van der Waals surface area contributed by atoms with Crippen molar-refractivity contribution in [2.24, 2.45) is 11.8 Å². The minimum Gasteiger partial charge on any atom is -0.481 e. The van der Waals surface area contributed by atoms with Gasteiger partial charge in [0.05, 0.1) is 18.4 Å². The predicted molar refractivity (Wildman–Crippen MR) is 67.5 cm³/mol. The molecular formula is C10H16N2O8S. The van der Waals surface area contributed by atoms with Crippen LogP contribution in [0.2, 0.25) is 0 Å². The van der Waals surface area contributed by atoms with Gasteiger partial charge in [-0.1, -0.05) is 0 Å². The SMILES string of the molecule is CCOC(=O)NS(=O)(=O)N1CCC(C(=O)O)C(C(=O)O)C1. The minimum atomic E-state index is -4.27. The molecule has 0 radical (unpaired) electrons. The van der Waals surface area contributed by atoms with Crippen molar-refractivity contribution in [1.82, 2.24) is 9.03 Å². The van der Waals surface area contributed by atoms with Crippen LogP contribution >= 0.6 is 0 Å². The summed E-state index contributed by atoms with van der Waals surface area (Å²) in [7, 11) is -4.27. The van der Waals surface area contributed by atoms with E-state index in [4.69, 9.17) is 10.2 Å². The maximum Gasteiger partial charge on any atom is 0.421 e. The second kappa shape index (κ2) is 6.72. The van der Waals surface area contributed by atoms with E-state index < -0.39 is 46.6 Å². The Morgan fingerprint density at radius 3 is 2.29 bits per heavy atom. The average Bonchev–Trinajstić information content (AvgIpc) is 2.37. The summed E-state index contributed by atoms with van der Waals surface area (Å²) in [5.41, 5.74) is 0. The van der Waals surface area contributed by atoms with Crippen LogP contribution in [0, 0.1) is 11.8 Å². The fourth-order valence-corrected chi connectivity index (χ4v) is 3.12. The zero-order valence-electron chi connectivity index (χ0n) is 11.2. The van der Waals surface area contributed by atoms with Crippen molar-refractivity contribution < 1.29 is 37.8 Å². The van der Waals surface area contributed by atoms with Gasteiger partial charge in [0, 0.05) is 13.1 Å². The maximum absolute atomic E-state index is 11.9. The molecule has 1 fully saturated rings. The molecule has 21 heavy (non-hydrogen) atoms. The second-order valence-electron chi connectivity index (χ2n) is 4.36. The smallest absolute Gasteiger partial charge is 0.421 e. The number of carbonyl (C=O) groups is 3. The highest BCUT2D eigenvalue weighted by atomic mass is 32.2. The lowest BCUT2D eigenvalue weighted by atomic mass is 9.86. The van der Waals surface area contributed by atoms with Gasteiger partial charge >= 0.3 is 28.2 Å². The number of rotatable bonds is 5. The lowest BCUT2D eigenvalue weighted by molar-refractivity contribution is -0.156. The Bertz CT molecular complexity index is 531. The monoisotopic (exact) mass is 324 g/mol. The Kier molecular flexibility index (Phi) is 5.49. The molecule has 1 aliphatic rings. The fourth-order valence-electron chi connectivity index (χ4n) is 2.02. The van der Waals surface area contributed by atoms with Gasteiger partial charge in [-0.25, -0.2) is 9.52 Å². The topological polar surface area (TPSA) is 150 Å². The van der Waals surface area contributed by atoms with Gasteiger partial charge in [-0.05, 0) is 13.3 Å². The summed E-state index contributed by atoms with van der Waals surface area (Å²) in [5.74, 6) is -5.25. The first-order valence-corrected chi connectivity index (χ1v) is 7.53. The van der Waals surface area contributed by atoms with E-state index in [0.717, 1.165) is 4.31 Å². The standard InChI is InChI=1S/C10H16N2O8S/c1-2-20-10(17)11-21(18,19)12-4-3-6(8(13)14)7(5-12)9(15)16/h6-7H,2-5H2,1H3,(H,11,17)(H,13,14)(H,15,16). The van der Waals surface area contributed by atoms with Crippen LogP contribution in [0.4, 0.5) is 4.79 Å². The Hall–Kier alpha value is -1.88. The van der Waals surface area contributed by atoms with Crippen LogP contribution in [-0.2, 0) is 24.5 Å². The Labute approximate surface area is 120 Å². The van der Waals surface area contributed by atoms with E-state index in [1.165, 1.54) is 6.92 Å². The first kappa shape index (κ1) is 17.2. The molecule has 1 saturated heterocycles. The number of hydrogen-bond acceptors (Lipinski definition) is 6. The molecule has 0 spiro atoms. The van der Waals surface area contributed by atoms with E-state index in [2.05, 4.69) is 4.74 Å². The molecule has 0 aromatic rings. The van der Waals surface area contributed by atoms with Gasteiger partial charge in [0.1, 0.15) is 0 Å². The summed E-state index contributed by atoms with van der Waals surface area (Å²) in [6.45, 7) is 0.738. The number of aliphatic carboxylic acids is 2. The molecule has 0 aromatic heterocycles. The van der Waals surface area contributed by atoms with Gasteiger partial charge in [-0.3, -0.25) is 9.59 Å². The highest BCUT2D eigenvalue weighted by Crippen LogP contribution is 2.25. The second-order valence-corrected chi connectivity index (χ2v) is 6.03. The van der Waals surface area contributed by atoms with Crippen LogP contribution in [-0.4, -0.2) is 60.7 Å². The van der Waals surface area contributed by atoms with E-state index in [9.17, 15) is 22.8 Å². The normalized spacial score (nSPS) is 23.3. The van der Waals surface area contributed by atoms with E-state index in [0.29, 0.717) is 0 Å². The van der Waals surface area contributed by atoms with Crippen molar-refractivity contribution in [3.8, 4) is 0 Å². The number of nitrogens with one attached hydrogen (secondary N) is 1. The number of nitrogens with zero attached hydrogens (tertiary/aromatic N) is 1. The minimum absolute atomic E-state index is 0.0276. The highest BCUT2D eigenvalue weighted by molar-refractivity contribution is 7.87. The predicted octanol–water partition coefficient (Wildman–Crippen LogP) is -0.915. The molecule has 1 amide bonds. The number of hydrogen-bond donors (Lipinski definition) is 3.